The number of anilines is 4. The van der Waals surface area contributed by atoms with Crippen molar-refractivity contribution in [2.24, 2.45) is 0 Å². The number of halogens is 2. The molecule has 2 aromatic carbocycles. The Morgan fingerprint density at radius 1 is 1.03 bits per heavy atom. The van der Waals surface area contributed by atoms with Crippen LogP contribution in [-0.4, -0.2) is 30.9 Å². The van der Waals surface area contributed by atoms with Gasteiger partial charge in [0.2, 0.25) is 5.95 Å². The van der Waals surface area contributed by atoms with Gasteiger partial charge in [-0.1, -0.05) is 23.7 Å². The van der Waals surface area contributed by atoms with Crippen LogP contribution in [0.5, 0.6) is 0 Å². The normalized spacial score (nSPS) is 10.6. The topological polar surface area (TPSA) is 117 Å². The molecule has 0 unspecified atom stereocenters. The minimum Gasteiger partial charge on any atom is -0.339 e. The molecule has 32 heavy (non-hydrogen) atoms. The van der Waals surface area contributed by atoms with Gasteiger partial charge in [0.05, 0.1) is 24.6 Å². The SMILES string of the molecule is O=C(NO)c1ccc(Cn2cc(Nc3ncc(Cl)c(Nc4ccc(F)cc4)n3)cn2)cc1. The van der Waals surface area contributed by atoms with Crippen LogP contribution >= 0.6 is 11.6 Å². The minimum atomic E-state index is -0.571. The Kier molecular flexibility index (Phi) is 6.24. The Bertz CT molecular complexity index is 1230. The van der Waals surface area contributed by atoms with Gasteiger partial charge in [0, 0.05) is 17.4 Å². The zero-order chi connectivity index (χ0) is 22.5. The molecular formula is C21H17ClFN7O2. The number of amides is 1. The summed E-state index contributed by atoms with van der Waals surface area (Å²) in [5.74, 6) is -0.234. The lowest BCUT2D eigenvalue weighted by molar-refractivity contribution is 0.0706. The number of nitrogens with zero attached hydrogens (tertiary/aromatic N) is 4. The highest BCUT2D eigenvalue weighted by Crippen LogP contribution is 2.25. The molecule has 0 aliphatic rings. The molecule has 2 heterocycles. The summed E-state index contributed by atoms with van der Waals surface area (Å²) in [4.78, 5) is 19.9. The molecule has 0 bridgehead atoms. The number of hydroxylamine groups is 1. The molecule has 0 radical (unpaired) electrons. The maximum Gasteiger partial charge on any atom is 0.274 e. The van der Waals surface area contributed by atoms with Crippen molar-refractivity contribution < 1.29 is 14.4 Å². The first-order chi connectivity index (χ1) is 15.5. The third-order valence-electron chi connectivity index (χ3n) is 4.40. The van der Waals surface area contributed by atoms with E-state index in [1.807, 2.05) is 0 Å². The summed E-state index contributed by atoms with van der Waals surface area (Å²) in [5, 5.41) is 19.4. The first-order valence-electron chi connectivity index (χ1n) is 9.38. The molecule has 1 amide bonds. The van der Waals surface area contributed by atoms with Crippen LogP contribution in [0.25, 0.3) is 0 Å². The van der Waals surface area contributed by atoms with Crippen molar-refractivity contribution in [3.63, 3.8) is 0 Å². The fourth-order valence-corrected chi connectivity index (χ4v) is 2.98. The molecule has 0 spiro atoms. The van der Waals surface area contributed by atoms with E-state index in [-0.39, 0.29) is 5.82 Å². The summed E-state index contributed by atoms with van der Waals surface area (Å²) in [5.41, 5.74) is 4.16. The van der Waals surface area contributed by atoms with Crippen LogP contribution in [0.4, 0.5) is 27.5 Å². The Balaban J connectivity index is 1.43. The Morgan fingerprint density at radius 2 is 1.78 bits per heavy atom. The molecule has 4 aromatic rings. The van der Waals surface area contributed by atoms with Crippen LogP contribution < -0.4 is 16.1 Å². The summed E-state index contributed by atoms with van der Waals surface area (Å²) in [6.07, 6.45) is 4.86. The lowest BCUT2D eigenvalue weighted by atomic mass is 10.1. The summed E-state index contributed by atoms with van der Waals surface area (Å²) in [6, 6.07) is 12.6. The number of carbonyl (C=O) groups excluding carboxylic acids is 1. The van der Waals surface area contributed by atoms with E-state index in [2.05, 4.69) is 25.7 Å². The zero-order valence-corrected chi connectivity index (χ0v) is 17.2. The molecule has 4 rings (SSSR count). The van der Waals surface area contributed by atoms with Gasteiger partial charge in [0.15, 0.2) is 5.82 Å². The smallest absolute Gasteiger partial charge is 0.274 e. The summed E-state index contributed by atoms with van der Waals surface area (Å²) in [7, 11) is 0. The van der Waals surface area contributed by atoms with E-state index >= 15 is 0 Å². The van der Waals surface area contributed by atoms with Crippen molar-refractivity contribution in [3.05, 3.63) is 89.1 Å². The minimum absolute atomic E-state index is 0.304. The second-order valence-electron chi connectivity index (χ2n) is 6.71. The molecule has 0 atom stereocenters. The van der Waals surface area contributed by atoms with Crippen molar-refractivity contribution in [1.82, 2.24) is 25.2 Å². The van der Waals surface area contributed by atoms with E-state index < -0.39 is 5.91 Å². The average molecular weight is 454 g/mol. The van der Waals surface area contributed by atoms with E-state index in [0.29, 0.717) is 40.3 Å². The highest BCUT2D eigenvalue weighted by molar-refractivity contribution is 6.32. The molecule has 2 aromatic heterocycles. The molecule has 0 saturated carbocycles. The van der Waals surface area contributed by atoms with Gasteiger partial charge < -0.3 is 10.6 Å². The molecule has 0 aliphatic heterocycles. The van der Waals surface area contributed by atoms with Crippen LogP contribution in [0.3, 0.4) is 0 Å². The summed E-state index contributed by atoms with van der Waals surface area (Å²) >= 11 is 6.17. The fourth-order valence-electron chi connectivity index (χ4n) is 2.84. The van der Waals surface area contributed by atoms with Gasteiger partial charge in [-0.15, -0.1) is 0 Å². The van der Waals surface area contributed by atoms with E-state index in [1.54, 1.807) is 59.0 Å². The van der Waals surface area contributed by atoms with Gasteiger partial charge in [-0.05, 0) is 42.0 Å². The van der Waals surface area contributed by atoms with E-state index in [0.717, 1.165) is 5.56 Å². The lowest BCUT2D eigenvalue weighted by Gasteiger charge is -2.09. The maximum atomic E-state index is 13.1. The van der Waals surface area contributed by atoms with Crippen LogP contribution in [0.1, 0.15) is 15.9 Å². The van der Waals surface area contributed by atoms with Gasteiger partial charge in [0.1, 0.15) is 10.8 Å². The predicted molar refractivity (Wildman–Crippen MR) is 117 cm³/mol. The number of rotatable bonds is 7. The Labute approximate surface area is 186 Å². The largest absolute Gasteiger partial charge is 0.339 e. The van der Waals surface area contributed by atoms with Gasteiger partial charge in [-0.25, -0.2) is 14.9 Å². The quantitative estimate of drug-likeness (QED) is 0.245. The second kappa shape index (κ2) is 9.41. The molecule has 4 N–H and O–H groups in total. The van der Waals surface area contributed by atoms with Crippen molar-refractivity contribution >= 4 is 40.6 Å². The van der Waals surface area contributed by atoms with Crippen LogP contribution in [-0.2, 0) is 6.54 Å². The highest BCUT2D eigenvalue weighted by atomic mass is 35.5. The average Bonchev–Trinajstić information content (AvgIpc) is 3.24. The van der Waals surface area contributed by atoms with Gasteiger partial charge in [-0.3, -0.25) is 14.7 Å². The molecule has 162 valence electrons. The predicted octanol–water partition coefficient (Wildman–Crippen LogP) is 4.12. The monoisotopic (exact) mass is 453 g/mol. The third kappa shape index (κ3) is 5.17. The lowest BCUT2D eigenvalue weighted by Crippen LogP contribution is -2.18. The number of benzene rings is 2. The van der Waals surface area contributed by atoms with Crippen LogP contribution in [0.15, 0.2) is 67.1 Å². The van der Waals surface area contributed by atoms with E-state index in [9.17, 15) is 9.18 Å². The molecule has 0 aliphatic carbocycles. The second-order valence-corrected chi connectivity index (χ2v) is 7.12. The summed E-state index contributed by atoms with van der Waals surface area (Å²) < 4.78 is 14.8. The van der Waals surface area contributed by atoms with Crippen molar-refractivity contribution in [2.75, 3.05) is 10.6 Å². The highest BCUT2D eigenvalue weighted by Gasteiger charge is 2.09. The summed E-state index contributed by atoms with van der Waals surface area (Å²) in [6.45, 7) is 0.474. The number of aromatic nitrogens is 4. The van der Waals surface area contributed by atoms with E-state index in [4.69, 9.17) is 16.8 Å². The standard InChI is InChI=1S/C21H17ClFN7O2/c22-18-10-24-21(28-19(18)26-16-7-5-15(23)6-8-16)27-17-9-25-30(12-17)11-13-1-3-14(4-2-13)20(31)29-32/h1-10,12,32H,11H2,(H,29,31)(H2,24,26,27,28). The first kappa shape index (κ1) is 21.2. The number of carbonyl (C=O) groups is 1. The number of hydrogen-bond acceptors (Lipinski definition) is 7. The molecule has 0 fully saturated rings. The molecule has 0 saturated heterocycles. The third-order valence-corrected chi connectivity index (χ3v) is 4.68. The first-order valence-corrected chi connectivity index (χ1v) is 9.76. The number of hydrogen-bond donors (Lipinski definition) is 4. The van der Waals surface area contributed by atoms with Crippen LogP contribution in [0, 0.1) is 5.82 Å². The van der Waals surface area contributed by atoms with Crippen molar-refractivity contribution in [1.29, 1.82) is 0 Å². The van der Waals surface area contributed by atoms with Crippen LogP contribution in [0.2, 0.25) is 5.02 Å². The van der Waals surface area contributed by atoms with Gasteiger partial charge in [0.25, 0.3) is 5.91 Å². The van der Waals surface area contributed by atoms with Crippen molar-refractivity contribution in [3.8, 4) is 0 Å². The maximum absolute atomic E-state index is 13.1. The van der Waals surface area contributed by atoms with Gasteiger partial charge >= 0.3 is 0 Å². The van der Waals surface area contributed by atoms with Gasteiger partial charge in [-0.2, -0.15) is 10.1 Å². The number of nitrogens with one attached hydrogen (secondary N) is 3. The molecule has 9 nitrogen and oxygen atoms in total. The fraction of sp³-hybridized carbons (Fsp3) is 0.0476. The molecule has 11 heteroatoms. The zero-order valence-electron chi connectivity index (χ0n) is 16.5. The molecular weight excluding hydrogens is 437 g/mol. The Hall–Kier alpha value is -4.02. The Morgan fingerprint density at radius 3 is 2.50 bits per heavy atom. The van der Waals surface area contributed by atoms with E-state index in [1.165, 1.54) is 18.3 Å². The van der Waals surface area contributed by atoms with Crippen molar-refractivity contribution in [2.45, 2.75) is 6.54 Å².